The molecule has 2 amide bonds. The van der Waals surface area contributed by atoms with Gasteiger partial charge in [-0.1, -0.05) is 38.2 Å². The summed E-state index contributed by atoms with van der Waals surface area (Å²) in [5.41, 5.74) is 3.11. The molecule has 0 radical (unpaired) electrons. The first-order valence-electron chi connectivity index (χ1n) is 15.2. The first-order valence-corrected chi connectivity index (χ1v) is 15.2. The van der Waals surface area contributed by atoms with Crippen LogP contribution in [0.5, 0.6) is 17.4 Å². The number of benzene rings is 2. The summed E-state index contributed by atoms with van der Waals surface area (Å²) in [5, 5.41) is 3.46. The predicted molar refractivity (Wildman–Crippen MR) is 184 cm³/mol. The number of carbonyl (C=O) groups excluding carboxylic acids is 1. The summed E-state index contributed by atoms with van der Waals surface area (Å²) in [4.78, 5) is 22.4. The summed E-state index contributed by atoms with van der Waals surface area (Å²) >= 11 is 0. The molecule has 12 heteroatoms. The summed E-state index contributed by atoms with van der Waals surface area (Å²) in [6.45, 7) is 12.8. The van der Waals surface area contributed by atoms with E-state index in [2.05, 4.69) is 15.3 Å². The van der Waals surface area contributed by atoms with Gasteiger partial charge >= 0.3 is 12.2 Å². The maximum atomic E-state index is 12.7. The Hall–Kier alpha value is -4.87. The molecular formula is C36H46F4N4O4. The second-order valence-electron chi connectivity index (χ2n) is 9.87. The molecular weight excluding hydrogens is 628 g/mol. The number of amides is 2. The predicted octanol–water partition coefficient (Wildman–Crippen LogP) is 10.6. The number of alkyl halides is 3. The Balaban J connectivity index is 0.000000426. The number of rotatable bonds is 6. The second-order valence-corrected chi connectivity index (χ2v) is 9.87. The van der Waals surface area contributed by atoms with Crippen LogP contribution in [0.1, 0.15) is 66.9 Å². The zero-order valence-electron chi connectivity index (χ0n) is 29.3. The monoisotopic (exact) mass is 674 g/mol. The van der Waals surface area contributed by atoms with Crippen molar-refractivity contribution in [2.24, 2.45) is 0 Å². The van der Waals surface area contributed by atoms with Gasteiger partial charge in [0.15, 0.2) is 11.5 Å². The van der Waals surface area contributed by atoms with Crippen molar-refractivity contribution < 1.29 is 36.6 Å². The number of allylic oxidation sites excluding steroid dienone is 7. The number of anilines is 1. The van der Waals surface area contributed by atoms with Gasteiger partial charge in [0.1, 0.15) is 6.33 Å². The number of methoxy groups -OCH3 is 3. The summed E-state index contributed by atoms with van der Waals surface area (Å²) < 4.78 is 64.7. The van der Waals surface area contributed by atoms with Gasteiger partial charge in [0.05, 0.1) is 43.6 Å². The Labute approximate surface area is 280 Å². The fourth-order valence-corrected chi connectivity index (χ4v) is 4.14. The molecule has 8 nitrogen and oxygen atoms in total. The molecule has 4 rings (SSSR count). The normalized spacial score (nSPS) is 12.9. The molecule has 1 N–H and O–H groups in total. The molecule has 3 aromatic rings. The zero-order chi connectivity index (χ0) is 36.4. The molecule has 0 aliphatic carbocycles. The number of ether oxygens (including phenoxy) is 3. The number of hydrogen-bond acceptors (Lipinski definition) is 6. The SMILES string of the molecule is C/C=C(/C)F.CC.CC=CCC1=C(C)CC=C(C)N1C(=O)Nc1ccc(C(F)(F)F)cc1.COc1cc2ncnc(OC)c2cc1OC. The Kier molecular flexibility index (Phi) is 17.5. The average Bonchev–Trinajstić information content (AvgIpc) is 3.08. The van der Waals surface area contributed by atoms with Crippen LogP contribution in [0.2, 0.25) is 0 Å². The number of urea groups is 1. The number of nitrogens with zero attached hydrogens (tertiary/aromatic N) is 3. The van der Waals surface area contributed by atoms with E-state index >= 15 is 0 Å². The molecule has 48 heavy (non-hydrogen) atoms. The molecule has 0 bridgehead atoms. The molecule has 2 heterocycles. The van der Waals surface area contributed by atoms with Crippen LogP contribution in [0.25, 0.3) is 10.9 Å². The first kappa shape index (κ1) is 41.2. The molecule has 1 aromatic heterocycles. The van der Waals surface area contributed by atoms with Gasteiger partial charge in [-0.3, -0.25) is 4.90 Å². The van der Waals surface area contributed by atoms with Crippen molar-refractivity contribution in [3.63, 3.8) is 0 Å². The molecule has 0 unspecified atom stereocenters. The Morgan fingerprint density at radius 2 is 1.56 bits per heavy atom. The van der Waals surface area contributed by atoms with Gasteiger partial charge in [-0.05, 0) is 76.9 Å². The van der Waals surface area contributed by atoms with E-state index < -0.39 is 11.7 Å². The van der Waals surface area contributed by atoms with Crippen LogP contribution in [-0.2, 0) is 6.18 Å². The van der Waals surface area contributed by atoms with Gasteiger partial charge in [0.25, 0.3) is 0 Å². The molecule has 0 atom stereocenters. The Morgan fingerprint density at radius 1 is 0.979 bits per heavy atom. The zero-order valence-corrected chi connectivity index (χ0v) is 29.3. The van der Waals surface area contributed by atoms with Gasteiger partial charge in [-0.15, -0.1) is 0 Å². The van der Waals surface area contributed by atoms with Crippen LogP contribution in [0, 0.1) is 0 Å². The number of halogens is 4. The lowest BCUT2D eigenvalue weighted by Crippen LogP contribution is -2.34. The number of hydrogen-bond donors (Lipinski definition) is 1. The number of nitrogens with one attached hydrogen (secondary N) is 1. The van der Waals surface area contributed by atoms with Gasteiger partial charge in [-0.25, -0.2) is 19.2 Å². The van der Waals surface area contributed by atoms with Crippen molar-refractivity contribution in [2.45, 2.75) is 67.5 Å². The van der Waals surface area contributed by atoms with Gasteiger partial charge < -0.3 is 19.5 Å². The maximum absolute atomic E-state index is 12.7. The number of aromatic nitrogens is 2. The van der Waals surface area contributed by atoms with E-state index in [-0.39, 0.29) is 11.9 Å². The lowest BCUT2D eigenvalue weighted by atomic mass is 10.0. The summed E-state index contributed by atoms with van der Waals surface area (Å²) in [5.74, 6) is 1.66. The van der Waals surface area contributed by atoms with Crippen LogP contribution in [-0.4, -0.2) is 42.2 Å². The topological polar surface area (TPSA) is 85.8 Å². The van der Waals surface area contributed by atoms with E-state index in [1.165, 1.54) is 31.5 Å². The molecule has 0 spiro atoms. The van der Waals surface area contributed by atoms with Crippen LogP contribution >= 0.6 is 0 Å². The van der Waals surface area contributed by atoms with Crippen molar-refractivity contribution in [2.75, 3.05) is 26.6 Å². The van der Waals surface area contributed by atoms with Crippen molar-refractivity contribution in [1.29, 1.82) is 0 Å². The molecule has 0 saturated heterocycles. The molecule has 1 aliphatic rings. The highest BCUT2D eigenvalue weighted by molar-refractivity contribution is 5.92. The summed E-state index contributed by atoms with van der Waals surface area (Å²) in [7, 11) is 4.74. The molecule has 0 saturated carbocycles. The van der Waals surface area contributed by atoms with Crippen molar-refractivity contribution in [1.82, 2.24) is 14.9 Å². The van der Waals surface area contributed by atoms with E-state index in [1.54, 1.807) is 45.3 Å². The highest BCUT2D eigenvalue weighted by Crippen LogP contribution is 2.34. The third kappa shape index (κ3) is 12.1. The van der Waals surface area contributed by atoms with Gasteiger partial charge in [0.2, 0.25) is 5.88 Å². The van der Waals surface area contributed by atoms with Crippen molar-refractivity contribution in [3.05, 3.63) is 95.4 Å². The fraction of sp³-hybridized carbons (Fsp3) is 0.361. The highest BCUT2D eigenvalue weighted by atomic mass is 19.4. The lowest BCUT2D eigenvalue weighted by Gasteiger charge is -2.31. The number of carbonyl (C=O) groups is 1. The minimum absolute atomic E-state index is 0.120. The molecule has 0 fully saturated rings. The quantitative estimate of drug-likeness (QED) is 0.207. The first-order chi connectivity index (χ1) is 22.8. The largest absolute Gasteiger partial charge is 0.493 e. The van der Waals surface area contributed by atoms with Crippen molar-refractivity contribution in [3.8, 4) is 17.4 Å². The molecule has 262 valence electrons. The van der Waals surface area contributed by atoms with Gasteiger partial charge in [0, 0.05) is 29.6 Å². The van der Waals surface area contributed by atoms with Crippen LogP contribution in [0.4, 0.5) is 28.0 Å². The summed E-state index contributed by atoms with van der Waals surface area (Å²) in [6, 6.07) is 7.63. The summed E-state index contributed by atoms with van der Waals surface area (Å²) in [6.07, 6.45) is 5.72. The fourth-order valence-electron chi connectivity index (χ4n) is 4.14. The van der Waals surface area contributed by atoms with E-state index in [0.717, 1.165) is 46.4 Å². The number of fused-ring (bicyclic) bond motifs is 1. The average molecular weight is 675 g/mol. The smallest absolute Gasteiger partial charge is 0.416 e. The van der Waals surface area contributed by atoms with E-state index in [0.29, 0.717) is 29.5 Å². The third-order valence-electron chi connectivity index (χ3n) is 6.73. The van der Waals surface area contributed by atoms with Crippen LogP contribution in [0.15, 0.2) is 89.8 Å². The van der Waals surface area contributed by atoms with Crippen molar-refractivity contribution >= 4 is 22.6 Å². The van der Waals surface area contributed by atoms with Gasteiger partial charge in [-0.2, -0.15) is 13.2 Å². The van der Waals surface area contributed by atoms with Crippen LogP contribution in [0.3, 0.4) is 0 Å². The van der Waals surface area contributed by atoms with E-state index in [4.69, 9.17) is 14.2 Å². The lowest BCUT2D eigenvalue weighted by molar-refractivity contribution is -0.137. The maximum Gasteiger partial charge on any atom is 0.416 e. The highest BCUT2D eigenvalue weighted by Gasteiger charge is 2.30. The Morgan fingerprint density at radius 3 is 2.06 bits per heavy atom. The minimum Gasteiger partial charge on any atom is -0.493 e. The standard InChI is InChI=1S/C19H21F3N2O.C11H12N2O3.C4H7F.C2H6/c1-4-5-6-17-13(2)7-8-14(3)24(17)18(25)23-16-11-9-15(10-12-16)19(20,21)22;1-14-9-4-7-8(5-10(9)15-2)12-6-13-11(7)16-3;1-3-4(2)5;1-2/h4-5,8-12H,6-7H2,1-3H3,(H,23,25);4-6H,1-3H3;3H,1-2H3;1-2H3/b;;4-3-;. The second kappa shape index (κ2) is 20.4. The minimum atomic E-state index is -4.39. The van der Waals surface area contributed by atoms with Crippen LogP contribution < -0.4 is 19.5 Å². The molecule has 1 aliphatic heterocycles. The van der Waals surface area contributed by atoms with E-state index in [1.807, 2.05) is 52.8 Å². The molecule has 2 aromatic carbocycles. The Bertz CT molecular complexity index is 1590. The van der Waals surface area contributed by atoms with E-state index in [9.17, 15) is 22.4 Å². The third-order valence-corrected chi connectivity index (χ3v) is 6.73.